The van der Waals surface area contributed by atoms with E-state index in [1.807, 2.05) is 13.8 Å². The molecule has 0 saturated carbocycles. The van der Waals surface area contributed by atoms with Crippen LogP contribution in [0.2, 0.25) is 0 Å². The van der Waals surface area contributed by atoms with E-state index in [-0.39, 0.29) is 23.2 Å². The quantitative estimate of drug-likeness (QED) is 0.395. The highest BCUT2D eigenvalue weighted by atomic mass is 19.4. The number of hydrogen-bond acceptors (Lipinski definition) is 6. The van der Waals surface area contributed by atoms with Gasteiger partial charge in [0, 0.05) is 11.9 Å². The van der Waals surface area contributed by atoms with Crippen molar-refractivity contribution in [2.45, 2.75) is 26.6 Å². The molecule has 2 N–H and O–H groups in total. The Morgan fingerprint density at radius 2 is 1.38 bits per heavy atom. The van der Waals surface area contributed by atoms with Crippen molar-refractivity contribution >= 4 is 23.1 Å². The summed E-state index contributed by atoms with van der Waals surface area (Å²) in [6.45, 7) is 4.00. The highest BCUT2D eigenvalue weighted by molar-refractivity contribution is 5.64. The molecule has 0 aliphatic carbocycles. The topological polar surface area (TPSA) is 68.3 Å². The molecule has 12 heteroatoms. The average Bonchev–Trinajstić information content (AvgIpc) is 2.71. The fraction of sp³-hybridized carbons (Fsp3) is 0.200. The minimum Gasteiger partial charge on any atom is -0.406 e. The fourth-order valence-electron chi connectivity index (χ4n) is 2.28. The summed E-state index contributed by atoms with van der Waals surface area (Å²) in [5, 5.41) is 5.46. The minimum absolute atomic E-state index is 0.0133. The zero-order chi connectivity index (χ0) is 23.8. The third-order valence-electron chi connectivity index (χ3n) is 3.38. The van der Waals surface area contributed by atoms with E-state index in [4.69, 9.17) is 0 Å². The molecule has 0 amide bonds. The maximum atomic E-state index is 12.5. The summed E-state index contributed by atoms with van der Waals surface area (Å²) in [5.41, 5.74) is 0.385. The summed E-state index contributed by atoms with van der Waals surface area (Å²) in [5.74, 6) is -0.645. The number of anilines is 4. The second kappa shape index (κ2) is 10.6. The Hall–Kier alpha value is -3.70. The third-order valence-corrected chi connectivity index (χ3v) is 3.38. The molecule has 32 heavy (non-hydrogen) atoms. The van der Waals surface area contributed by atoms with Gasteiger partial charge in [-0.1, -0.05) is 26.0 Å². The SMILES string of the molecule is CC.FC(F)(F)Oc1ccc(Nc2ccnc(Nc3ccccc3OC(F)(F)F)n2)cc1. The molecule has 0 bridgehead atoms. The van der Waals surface area contributed by atoms with Gasteiger partial charge in [-0.05, 0) is 42.5 Å². The van der Waals surface area contributed by atoms with Crippen LogP contribution in [-0.4, -0.2) is 22.7 Å². The Kier molecular flexibility index (Phi) is 8.10. The first kappa shape index (κ1) is 24.6. The van der Waals surface area contributed by atoms with Crippen molar-refractivity contribution in [3.63, 3.8) is 0 Å². The maximum Gasteiger partial charge on any atom is 0.573 e. The summed E-state index contributed by atoms with van der Waals surface area (Å²) in [4.78, 5) is 8.03. The molecule has 1 aromatic heterocycles. The van der Waals surface area contributed by atoms with Gasteiger partial charge in [-0.25, -0.2) is 4.98 Å². The molecule has 0 saturated heterocycles. The van der Waals surface area contributed by atoms with Crippen LogP contribution in [0.3, 0.4) is 0 Å². The van der Waals surface area contributed by atoms with Crippen LogP contribution in [-0.2, 0) is 0 Å². The molecule has 0 fully saturated rings. The van der Waals surface area contributed by atoms with Gasteiger partial charge in [0.1, 0.15) is 11.6 Å². The molecule has 3 aromatic rings. The number of ether oxygens (including phenoxy) is 2. The summed E-state index contributed by atoms with van der Waals surface area (Å²) in [6, 6.07) is 11.7. The molecule has 0 spiro atoms. The summed E-state index contributed by atoms with van der Waals surface area (Å²) < 4.78 is 81.9. The summed E-state index contributed by atoms with van der Waals surface area (Å²) in [7, 11) is 0. The first-order chi connectivity index (χ1) is 15.1. The Balaban J connectivity index is 0.00000176. The number of para-hydroxylation sites is 2. The highest BCUT2D eigenvalue weighted by Crippen LogP contribution is 2.31. The lowest BCUT2D eigenvalue weighted by atomic mass is 10.3. The number of nitrogens with one attached hydrogen (secondary N) is 2. The number of alkyl halides is 6. The smallest absolute Gasteiger partial charge is 0.406 e. The van der Waals surface area contributed by atoms with Gasteiger partial charge in [0.15, 0.2) is 5.75 Å². The Bertz CT molecular complexity index is 994. The molecule has 3 rings (SSSR count). The van der Waals surface area contributed by atoms with Crippen molar-refractivity contribution in [1.29, 1.82) is 0 Å². The number of nitrogens with zero attached hydrogens (tertiary/aromatic N) is 2. The molecule has 0 atom stereocenters. The van der Waals surface area contributed by atoms with Crippen molar-refractivity contribution in [1.82, 2.24) is 9.97 Å². The number of benzene rings is 2. The van der Waals surface area contributed by atoms with Gasteiger partial charge in [-0.2, -0.15) is 4.98 Å². The molecule has 1 heterocycles. The second-order valence-electron chi connectivity index (χ2n) is 5.63. The van der Waals surface area contributed by atoms with Crippen molar-refractivity contribution in [3.8, 4) is 11.5 Å². The number of rotatable bonds is 6. The van der Waals surface area contributed by atoms with Crippen LogP contribution in [0.1, 0.15) is 13.8 Å². The first-order valence-corrected chi connectivity index (χ1v) is 9.15. The summed E-state index contributed by atoms with van der Waals surface area (Å²) >= 11 is 0. The lowest BCUT2D eigenvalue weighted by molar-refractivity contribution is -0.275. The zero-order valence-electron chi connectivity index (χ0n) is 16.8. The highest BCUT2D eigenvalue weighted by Gasteiger charge is 2.32. The van der Waals surface area contributed by atoms with Crippen molar-refractivity contribution in [3.05, 3.63) is 60.8 Å². The molecular formula is C20H18F6N4O2. The third kappa shape index (κ3) is 8.20. The normalized spacial score (nSPS) is 11.1. The van der Waals surface area contributed by atoms with E-state index in [9.17, 15) is 26.3 Å². The first-order valence-electron chi connectivity index (χ1n) is 9.15. The van der Waals surface area contributed by atoms with Gasteiger partial charge in [-0.3, -0.25) is 0 Å². The van der Waals surface area contributed by atoms with E-state index >= 15 is 0 Å². The molecule has 0 aliphatic heterocycles. The predicted octanol–water partition coefficient (Wildman–Crippen LogP) is 6.79. The molecule has 0 aliphatic rings. The Morgan fingerprint density at radius 3 is 2.00 bits per heavy atom. The predicted molar refractivity (Wildman–Crippen MR) is 106 cm³/mol. The standard InChI is InChI=1S/C18H12F6N4O2.C2H6/c19-17(20,21)29-12-7-5-11(6-8-12)26-15-9-10-25-16(28-15)27-13-3-1-2-4-14(13)30-18(22,23)24;1-2/h1-10H,(H2,25,26,27,28);1-2H3. The average molecular weight is 460 g/mol. The number of hydrogen-bond donors (Lipinski definition) is 2. The Labute approximate surface area is 179 Å². The zero-order valence-corrected chi connectivity index (χ0v) is 16.8. The molecule has 0 radical (unpaired) electrons. The van der Waals surface area contributed by atoms with Crippen LogP contribution < -0.4 is 20.1 Å². The second-order valence-corrected chi connectivity index (χ2v) is 5.63. The van der Waals surface area contributed by atoms with Crippen molar-refractivity contribution in [2.75, 3.05) is 10.6 Å². The van der Waals surface area contributed by atoms with E-state index < -0.39 is 18.5 Å². The van der Waals surface area contributed by atoms with E-state index in [0.717, 1.165) is 18.2 Å². The Morgan fingerprint density at radius 1 is 0.750 bits per heavy atom. The molecule has 6 nitrogen and oxygen atoms in total. The fourth-order valence-corrected chi connectivity index (χ4v) is 2.28. The van der Waals surface area contributed by atoms with Crippen LogP contribution >= 0.6 is 0 Å². The van der Waals surface area contributed by atoms with Crippen LogP contribution in [0.5, 0.6) is 11.5 Å². The lowest BCUT2D eigenvalue weighted by Gasteiger charge is -2.14. The molecular weight excluding hydrogens is 442 g/mol. The van der Waals surface area contributed by atoms with E-state index in [2.05, 4.69) is 30.1 Å². The lowest BCUT2D eigenvalue weighted by Crippen LogP contribution is -2.18. The van der Waals surface area contributed by atoms with E-state index in [0.29, 0.717) is 5.69 Å². The van der Waals surface area contributed by atoms with Crippen LogP contribution in [0.25, 0.3) is 0 Å². The molecule has 0 unspecified atom stereocenters. The van der Waals surface area contributed by atoms with Crippen LogP contribution in [0.15, 0.2) is 60.8 Å². The van der Waals surface area contributed by atoms with Crippen molar-refractivity contribution in [2.24, 2.45) is 0 Å². The van der Waals surface area contributed by atoms with Gasteiger partial charge < -0.3 is 20.1 Å². The van der Waals surface area contributed by atoms with Gasteiger partial charge >= 0.3 is 12.7 Å². The largest absolute Gasteiger partial charge is 0.573 e. The van der Waals surface area contributed by atoms with Crippen LogP contribution in [0, 0.1) is 0 Å². The molecule has 2 aromatic carbocycles. The van der Waals surface area contributed by atoms with Gasteiger partial charge in [0.05, 0.1) is 5.69 Å². The summed E-state index contributed by atoms with van der Waals surface area (Å²) in [6.07, 6.45) is -8.33. The molecule has 172 valence electrons. The van der Waals surface area contributed by atoms with Gasteiger partial charge in [-0.15, -0.1) is 26.3 Å². The van der Waals surface area contributed by atoms with Gasteiger partial charge in [0.2, 0.25) is 5.95 Å². The monoisotopic (exact) mass is 460 g/mol. The maximum absolute atomic E-state index is 12.5. The van der Waals surface area contributed by atoms with Crippen LogP contribution in [0.4, 0.5) is 49.5 Å². The van der Waals surface area contributed by atoms with Gasteiger partial charge in [0.25, 0.3) is 0 Å². The number of aromatic nitrogens is 2. The number of halogens is 6. The van der Waals surface area contributed by atoms with E-state index in [1.165, 1.54) is 42.6 Å². The van der Waals surface area contributed by atoms with Crippen molar-refractivity contribution < 1.29 is 35.8 Å². The minimum atomic E-state index is -4.87. The van der Waals surface area contributed by atoms with E-state index in [1.54, 1.807) is 0 Å².